The van der Waals surface area contributed by atoms with Crippen LogP contribution in [0.3, 0.4) is 0 Å². The molecule has 0 saturated carbocycles. The maximum atomic E-state index is 12.0. The first-order valence-electron chi connectivity index (χ1n) is 7.18. The number of nitrogens with one attached hydrogen (secondary N) is 2. The largest absolute Gasteiger partial charge is 0.380 e. The van der Waals surface area contributed by atoms with Crippen molar-refractivity contribution in [3.05, 3.63) is 23.9 Å². The number of hydrogen-bond donors (Lipinski definition) is 2. The second-order valence-corrected chi connectivity index (χ2v) is 6.87. The maximum absolute atomic E-state index is 12.0. The molecule has 0 fully saturated rings. The van der Waals surface area contributed by atoms with E-state index < -0.39 is 10.0 Å². The molecule has 0 unspecified atom stereocenters. The smallest absolute Gasteiger partial charge is 0.258 e. The minimum absolute atomic E-state index is 0.0339. The highest BCUT2D eigenvalue weighted by Gasteiger charge is 2.14. The van der Waals surface area contributed by atoms with Gasteiger partial charge in [0, 0.05) is 25.9 Å². The van der Waals surface area contributed by atoms with E-state index in [9.17, 15) is 8.42 Å². The summed E-state index contributed by atoms with van der Waals surface area (Å²) in [4.78, 5) is 4.00. The standard InChI is InChI=1S/C14H25N3O3S/c1-4-15-9-13-5-6-14(16-10-13)21(18,19)17-7-8-20-11-12(2)3/h5-6,10,12,15,17H,4,7-9,11H2,1-3H3. The predicted octanol–water partition coefficient (Wildman–Crippen LogP) is 1.14. The topological polar surface area (TPSA) is 80.3 Å². The molecule has 0 amide bonds. The fourth-order valence-electron chi connectivity index (χ4n) is 1.58. The van der Waals surface area contributed by atoms with E-state index in [0.29, 0.717) is 25.7 Å². The number of pyridine rings is 1. The van der Waals surface area contributed by atoms with Gasteiger partial charge in [0.1, 0.15) is 0 Å². The summed E-state index contributed by atoms with van der Waals surface area (Å²) in [6.07, 6.45) is 1.58. The fraction of sp³-hybridized carbons (Fsp3) is 0.643. The first kappa shape index (κ1) is 18.0. The number of aromatic nitrogens is 1. The molecular formula is C14H25N3O3S. The molecule has 2 N–H and O–H groups in total. The Balaban J connectivity index is 2.46. The molecule has 120 valence electrons. The van der Waals surface area contributed by atoms with Gasteiger partial charge in [-0.15, -0.1) is 0 Å². The lowest BCUT2D eigenvalue weighted by molar-refractivity contribution is 0.114. The Morgan fingerprint density at radius 1 is 1.33 bits per heavy atom. The summed E-state index contributed by atoms with van der Waals surface area (Å²) in [6.45, 7) is 8.87. The van der Waals surface area contributed by atoms with Crippen LogP contribution in [0, 0.1) is 5.92 Å². The third-order valence-electron chi connectivity index (χ3n) is 2.64. The lowest BCUT2D eigenvalue weighted by Crippen LogP contribution is -2.28. The van der Waals surface area contributed by atoms with E-state index in [1.54, 1.807) is 12.3 Å². The van der Waals surface area contributed by atoms with Crippen molar-refractivity contribution >= 4 is 10.0 Å². The van der Waals surface area contributed by atoms with E-state index in [-0.39, 0.29) is 11.6 Å². The van der Waals surface area contributed by atoms with Gasteiger partial charge < -0.3 is 10.1 Å². The molecule has 0 spiro atoms. The summed E-state index contributed by atoms with van der Waals surface area (Å²) in [5.74, 6) is 0.438. The molecule has 7 heteroatoms. The molecule has 6 nitrogen and oxygen atoms in total. The second kappa shape index (κ2) is 9.09. The van der Waals surface area contributed by atoms with Gasteiger partial charge in [0.05, 0.1) is 6.61 Å². The first-order chi connectivity index (χ1) is 9.95. The second-order valence-electron chi connectivity index (χ2n) is 5.15. The van der Waals surface area contributed by atoms with Crippen LogP contribution in [-0.4, -0.2) is 39.7 Å². The van der Waals surface area contributed by atoms with Gasteiger partial charge in [0.25, 0.3) is 10.0 Å². The van der Waals surface area contributed by atoms with E-state index in [1.165, 1.54) is 6.07 Å². The van der Waals surface area contributed by atoms with Crippen LogP contribution in [0.1, 0.15) is 26.3 Å². The van der Waals surface area contributed by atoms with Crippen LogP contribution in [0.15, 0.2) is 23.4 Å². The molecule has 1 rings (SSSR count). The van der Waals surface area contributed by atoms with Gasteiger partial charge in [0.2, 0.25) is 0 Å². The van der Waals surface area contributed by atoms with E-state index >= 15 is 0 Å². The zero-order chi connectivity index (χ0) is 15.7. The lowest BCUT2D eigenvalue weighted by atomic mass is 10.2. The molecule has 1 heterocycles. The summed E-state index contributed by atoms with van der Waals surface area (Å²) >= 11 is 0. The Kier molecular flexibility index (Phi) is 7.81. The summed E-state index contributed by atoms with van der Waals surface area (Å²) in [6, 6.07) is 3.28. The van der Waals surface area contributed by atoms with Gasteiger partial charge in [-0.05, 0) is 24.1 Å². The molecule has 0 radical (unpaired) electrons. The van der Waals surface area contributed by atoms with E-state index in [1.807, 2.05) is 20.8 Å². The summed E-state index contributed by atoms with van der Waals surface area (Å²) < 4.78 is 31.8. The molecule has 0 aliphatic carbocycles. The van der Waals surface area contributed by atoms with Crippen molar-refractivity contribution in [2.45, 2.75) is 32.3 Å². The average Bonchev–Trinajstić information content (AvgIpc) is 2.44. The van der Waals surface area contributed by atoms with Crippen molar-refractivity contribution in [1.82, 2.24) is 15.0 Å². The van der Waals surface area contributed by atoms with Crippen LogP contribution in [0.5, 0.6) is 0 Å². The Hall–Kier alpha value is -1.02. The van der Waals surface area contributed by atoms with Gasteiger partial charge in [-0.1, -0.05) is 26.8 Å². The van der Waals surface area contributed by atoms with Gasteiger partial charge in [-0.25, -0.2) is 18.1 Å². The zero-order valence-electron chi connectivity index (χ0n) is 12.9. The van der Waals surface area contributed by atoms with E-state index in [0.717, 1.165) is 12.1 Å². The molecule has 0 aliphatic heterocycles. The predicted molar refractivity (Wildman–Crippen MR) is 82.5 cm³/mol. The Labute approximate surface area is 127 Å². The molecule has 0 bridgehead atoms. The van der Waals surface area contributed by atoms with Crippen molar-refractivity contribution < 1.29 is 13.2 Å². The minimum atomic E-state index is -3.56. The highest BCUT2D eigenvalue weighted by Crippen LogP contribution is 2.06. The molecular weight excluding hydrogens is 290 g/mol. The van der Waals surface area contributed by atoms with Crippen molar-refractivity contribution in [2.24, 2.45) is 5.92 Å². The Morgan fingerprint density at radius 3 is 2.67 bits per heavy atom. The summed E-state index contributed by atoms with van der Waals surface area (Å²) in [7, 11) is -3.56. The molecule has 1 aromatic rings. The van der Waals surface area contributed by atoms with Gasteiger partial charge in [-0.2, -0.15) is 0 Å². The van der Waals surface area contributed by atoms with Gasteiger partial charge >= 0.3 is 0 Å². The molecule has 1 aromatic heterocycles. The van der Waals surface area contributed by atoms with E-state index in [4.69, 9.17) is 4.74 Å². The quantitative estimate of drug-likeness (QED) is 0.633. The van der Waals surface area contributed by atoms with Crippen LogP contribution < -0.4 is 10.0 Å². The third kappa shape index (κ3) is 6.99. The van der Waals surface area contributed by atoms with Gasteiger partial charge in [0.15, 0.2) is 5.03 Å². The van der Waals surface area contributed by atoms with Crippen LogP contribution in [0.4, 0.5) is 0 Å². The normalized spacial score (nSPS) is 12.0. The Bertz CT molecular complexity index is 501. The lowest BCUT2D eigenvalue weighted by Gasteiger charge is -2.09. The number of ether oxygens (including phenoxy) is 1. The summed E-state index contributed by atoms with van der Waals surface area (Å²) in [5.41, 5.74) is 0.955. The molecule has 0 atom stereocenters. The molecule has 0 aromatic carbocycles. The molecule has 0 saturated heterocycles. The SMILES string of the molecule is CCNCc1ccc(S(=O)(=O)NCCOCC(C)C)nc1. The van der Waals surface area contributed by atoms with Crippen molar-refractivity contribution in [2.75, 3.05) is 26.3 Å². The zero-order valence-corrected chi connectivity index (χ0v) is 13.7. The highest BCUT2D eigenvalue weighted by molar-refractivity contribution is 7.89. The third-order valence-corrected chi connectivity index (χ3v) is 4.02. The highest BCUT2D eigenvalue weighted by atomic mass is 32.2. The van der Waals surface area contributed by atoms with Crippen LogP contribution in [0.25, 0.3) is 0 Å². The van der Waals surface area contributed by atoms with Crippen LogP contribution in [-0.2, 0) is 21.3 Å². The molecule has 21 heavy (non-hydrogen) atoms. The van der Waals surface area contributed by atoms with Crippen molar-refractivity contribution in [3.63, 3.8) is 0 Å². The van der Waals surface area contributed by atoms with Crippen molar-refractivity contribution in [1.29, 1.82) is 0 Å². The number of sulfonamides is 1. The average molecular weight is 315 g/mol. The van der Waals surface area contributed by atoms with Crippen molar-refractivity contribution in [3.8, 4) is 0 Å². The fourth-order valence-corrected chi connectivity index (χ4v) is 2.52. The molecule has 0 aliphatic rings. The summed E-state index contributed by atoms with van der Waals surface area (Å²) in [5, 5.41) is 3.19. The van der Waals surface area contributed by atoms with Crippen LogP contribution >= 0.6 is 0 Å². The minimum Gasteiger partial charge on any atom is -0.380 e. The van der Waals surface area contributed by atoms with Crippen LogP contribution in [0.2, 0.25) is 0 Å². The Morgan fingerprint density at radius 2 is 2.10 bits per heavy atom. The monoisotopic (exact) mass is 315 g/mol. The number of rotatable bonds is 10. The van der Waals surface area contributed by atoms with E-state index in [2.05, 4.69) is 15.0 Å². The first-order valence-corrected chi connectivity index (χ1v) is 8.67. The number of hydrogen-bond acceptors (Lipinski definition) is 5. The number of nitrogens with zero attached hydrogens (tertiary/aromatic N) is 1. The van der Waals surface area contributed by atoms with Gasteiger partial charge in [-0.3, -0.25) is 0 Å². The maximum Gasteiger partial charge on any atom is 0.258 e.